The van der Waals surface area contributed by atoms with Crippen molar-refractivity contribution in [2.75, 3.05) is 0 Å². The molecule has 2 aromatic carbocycles. The summed E-state index contributed by atoms with van der Waals surface area (Å²) in [6.45, 7) is 6.31. The van der Waals surface area contributed by atoms with Crippen molar-refractivity contribution in [1.82, 2.24) is 24.0 Å². The number of rotatable bonds is 8. The molecule has 0 saturated heterocycles. The summed E-state index contributed by atoms with van der Waals surface area (Å²) >= 11 is 5.95. The molecule has 2 aromatic heterocycles. The molecule has 0 aliphatic heterocycles. The predicted molar refractivity (Wildman–Crippen MR) is 137 cm³/mol. The Morgan fingerprint density at radius 3 is 2.34 bits per heavy atom. The molecule has 0 radical (unpaired) electrons. The van der Waals surface area contributed by atoms with E-state index in [1.165, 1.54) is 4.57 Å². The lowest BCUT2D eigenvalue weighted by atomic mass is 10.1. The third-order valence-electron chi connectivity index (χ3n) is 5.78. The van der Waals surface area contributed by atoms with Gasteiger partial charge in [0.2, 0.25) is 5.91 Å². The Morgan fingerprint density at radius 1 is 1.00 bits per heavy atom. The second-order valence-electron chi connectivity index (χ2n) is 9.05. The summed E-state index contributed by atoms with van der Waals surface area (Å²) in [6.07, 6.45) is 1.58. The van der Waals surface area contributed by atoms with Crippen LogP contribution in [0.5, 0.6) is 0 Å². The van der Waals surface area contributed by atoms with Gasteiger partial charge in [-0.05, 0) is 36.1 Å². The van der Waals surface area contributed by atoms with Gasteiger partial charge >= 0.3 is 5.69 Å². The quantitative estimate of drug-likeness (QED) is 0.406. The largest absolute Gasteiger partial charge is 0.348 e. The molecule has 182 valence electrons. The molecule has 0 fully saturated rings. The topological polar surface area (TPSA) is 90.9 Å². The van der Waals surface area contributed by atoms with Gasteiger partial charge in [-0.1, -0.05) is 67.9 Å². The molecule has 9 heteroatoms. The zero-order chi connectivity index (χ0) is 25.1. The molecule has 1 amide bonds. The summed E-state index contributed by atoms with van der Waals surface area (Å²) in [7, 11) is 0. The van der Waals surface area contributed by atoms with Gasteiger partial charge < -0.3 is 9.88 Å². The first-order valence-electron chi connectivity index (χ1n) is 11.5. The average Bonchev–Trinajstić information content (AvgIpc) is 3.23. The molecule has 1 unspecified atom stereocenters. The number of halogens is 1. The van der Waals surface area contributed by atoms with Gasteiger partial charge in [-0.15, -0.1) is 0 Å². The van der Waals surface area contributed by atoms with Crippen LogP contribution in [0.4, 0.5) is 0 Å². The molecule has 0 bridgehead atoms. The van der Waals surface area contributed by atoms with Crippen LogP contribution in [0.25, 0.3) is 11.2 Å². The van der Waals surface area contributed by atoms with Crippen molar-refractivity contribution in [1.29, 1.82) is 0 Å². The van der Waals surface area contributed by atoms with Crippen LogP contribution >= 0.6 is 11.6 Å². The van der Waals surface area contributed by atoms with E-state index in [1.54, 1.807) is 23.0 Å². The van der Waals surface area contributed by atoms with Crippen molar-refractivity contribution in [3.8, 4) is 0 Å². The number of nitrogens with one attached hydrogen (secondary N) is 1. The minimum Gasteiger partial charge on any atom is -0.348 e. The molecule has 4 aromatic rings. The van der Waals surface area contributed by atoms with Gasteiger partial charge in [-0.25, -0.2) is 14.3 Å². The fraction of sp³-hybridized carbons (Fsp3) is 0.308. The van der Waals surface area contributed by atoms with Crippen molar-refractivity contribution < 1.29 is 4.79 Å². The lowest BCUT2D eigenvalue weighted by molar-refractivity contribution is -0.122. The molecule has 0 saturated carbocycles. The van der Waals surface area contributed by atoms with E-state index >= 15 is 0 Å². The molecular weight excluding hydrogens is 466 g/mol. The molecule has 8 nitrogen and oxygen atoms in total. The zero-order valence-corrected chi connectivity index (χ0v) is 20.7. The van der Waals surface area contributed by atoms with Crippen LogP contribution in [0.2, 0.25) is 5.02 Å². The summed E-state index contributed by atoms with van der Waals surface area (Å²) < 4.78 is 4.21. The summed E-state index contributed by atoms with van der Waals surface area (Å²) in [4.78, 5) is 44.2. The normalized spacial score (nSPS) is 12.3. The molecule has 4 rings (SSSR count). The zero-order valence-electron chi connectivity index (χ0n) is 19.9. The Morgan fingerprint density at radius 2 is 1.69 bits per heavy atom. The lowest BCUT2D eigenvalue weighted by Gasteiger charge is -2.16. The molecule has 1 atom stereocenters. The fourth-order valence-corrected chi connectivity index (χ4v) is 4.21. The van der Waals surface area contributed by atoms with Gasteiger partial charge in [0.05, 0.1) is 18.9 Å². The van der Waals surface area contributed by atoms with Gasteiger partial charge in [-0.2, -0.15) is 0 Å². The van der Waals surface area contributed by atoms with E-state index in [-0.39, 0.29) is 18.5 Å². The molecule has 35 heavy (non-hydrogen) atoms. The number of hydrogen-bond acceptors (Lipinski definition) is 4. The Hall–Kier alpha value is -3.65. The molecule has 1 N–H and O–H groups in total. The van der Waals surface area contributed by atoms with Crippen molar-refractivity contribution in [2.45, 2.75) is 46.4 Å². The maximum Gasteiger partial charge on any atom is 0.333 e. The Balaban J connectivity index is 1.73. The minimum absolute atomic E-state index is 0.234. The van der Waals surface area contributed by atoms with E-state index in [9.17, 15) is 14.4 Å². The number of nitrogens with zero attached hydrogens (tertiary/aromatic N) is 4. The monoisotopic (exact) mass is 493 g/mol. The van der Waals surface area contributed by atoms with Crippen LogP contribution in [0.15, 0.2) is 70.5 Å². The summed E-state index contributed by atoms with van der Waals surface area (Å²) in [5, 5.41) is 3.47. The van der Waals surface area contributed by atoms with Crippen molar-refractivity contribution >= 4 is 28.7 Å². The number of hydrogen-bond donors (Lipinski definition) is 1. The van der Waals surface area contributed by atoms with Gasteiger partial charge in [0, 0.05) is 11.6 Å². The van der Waals surface area contributed by atoms with Gasteiger partial charge in [-0.3, -0.25) is 14.2 Å². The first-order valence-corrected chi connectivity index (χ1v) is 11.9. The summed E-state index contributed by atoms with van der Waals surface area (Å²) in [6, 6.07) is 16.3. The van der Waals surface area contributed by atoms with Crippen LogP contribution in [0, 0.1) is 5.92 Å². The highest BCUT2D eigenvalue weighted by molar-refractivity contribution is 6.30. The Labute approximate surface area is 207 Å². The van der Waals surface area contributed by atoms with E-state index in [0.29, 0.717) is 22.7 Å². The third kappa shape index (κ3) is 5.38. The van der Waals surface area contributed by atoms with E-state index in [0.717, 1.165) is 15.7 Å². The van der Waals surface area contributed by atoms with Crippen LogP contribution in [0.3, 0.4) is 0 Å². The molecule has 0 spiro atoms. The van der Waals surface area contributed by atoms with E-state index < -0.39 is 23.7 Å². The number of carbonyl (C=O) groups excluding carboxylic acids is 1. The van der Waals surface area contributed by atoms with Crippen LogP contribution < -0.4 is 16.6 Å². The number of aromatic nitrogens is 4. The molecule has 0 aliphatic carbocycles. The van der Waals surface area contributed by atoms with Gasteiger partial charge in [0.15, 0.2) is 11.2 Å². The fourth-order valence-electron chi connectivity index (χ4n) is 4.08. The SMILES string of the molecule is CC(C)Cn1cnc2c1c(=O)n(CC(=O)NC(C)c1ccc(Cl)cc1)c(=O)n2Cc1ccccc1. The highest BCUT2D eigenvalue weighted by Crippen LogP contribution is 2.16. The Kier molecular flexibility index (Phi) is 7.21. The minimum atomic E-state index is -0.574. The van der Waals surface area contributed by atoms with Crippen molar-refractivity contribution in [2.24, 2.45) is 5.92 Å². The first kappa shape index (κ1) is 24.5. The maximum atomic E-state index is 13.5. The van der Waals surface area contributed by atoms with E-state index in [1.807, 2.05) is 63.2 Å². The molecule has 2 heterocycles. The van der Waals surface area contributed by atoms with Gasteiger partial charge in [0.25, 0.3) is 5.56 Å². The second-order valence-corrected chi connectivity index (χ2v) is 9.49. The Bertz CT molecular complexity index is 1450. The smallest absolute Gasteiger partial charge is 0.333 e. The van der Waals surface area contributed by atoms with Crippen LogP contribution in [0.1, 0.15) is 37.9 Å². The highest BCUT2D eigenvalue weighted by Gasteiger charge is 2.21. The van der Waals surface area contributed by atoms with E-state index in [4.69, 9.17) is 11.6 Å². The second kappa shape index (κ2) is 10.3. The average molecular weight is 494 g/mol. The molecular formula is C26H28ClN5O3. The standard InChI is InChI=1S/C26H28ClN5O3/c1-17(2)13-30-16-28-24-23(30)25(34)32(26(35)31(24)14-19-7-5-4-6-8-19)15-22(33)29-18(3)20-9-11-21(27)12-10-20/h4-12,16-18H,13-15H2,1-3H3,(H,29,33). The van der Waals surface area contributed by atoms with Crippen molar-refractivity contribution in [3.05, 3.63) is 97.9 Å². The van der Waals surface area contributed by atoms with E-state index in [2.05, 4.69) is 10.3 Å². The predicted octanol–water partition coefficient (Wildman–Crippen LogP) is 3.59. The molecule has 0 aliphatic rings. The van der Waals surface area contributed by atoms with Gasteiger partial charge in [0.1, 0.15) is 6.54 Å². The van der Waals surface area contributed by atoms with Crippen LogP contribution in [-0.4, -0.2) is 24.6 Å². The number of amides is 1. The lowest BCUT2D eigenvalue weighted by Crippen LogP contribution is -2.44. The third-order valence-corrected chi connectivity index (χ3v) is 6.03. The van der Waals surface area contributed by atoms with Crippen molar-refractivity contribution in [3.63, 3.8) is 0 Å². The van der Waals surface area contributed by atoms with Crippen LogP contribution in [-0.2, 0) is 24.4 Å². The summed E-state index contributed by atoms with van der Waals surface area (Å²) in [5.41, 5.74) is 1.28. The number of imidazole rings is 1. The number of fused-ring (bicyclic) bond motifs is 1. The summed E-state index contributed by atoms with van der Waals surface area (Å²) in [5.74, 6) is -0.175. The maximum absolute atomic E-state index is 13.5. The first-order chi connectivity index (χ1) is 16.7. The highest BCUT2D eigenvalue weighted by atomic mass is 35.5. The number of benzene rings is 2. The number of carbonyl (C=O) groups is 1.